The van der Waals surface area contributed by atoms with Crippen LogP contribution in [-0.2, 0) is 16.0 Å². The summed E-state index contributed by atoms with van der Waals surface area (Å²) in [6.45, 7) is 0. The van der Waals surface area contributed by atoms with E-state index in [4.69, 9.17) is 4.74 Å². The van der Waals surface area contributed by atoms with E-state index in [-0.39, 0.29) is 28.0 Å². The molecule has 0 aliphatic rings. The van der Waals surface area contributed by atoms with Crippen molar-refractivity contribution >= 4 is 9.84 Å². The van der Waals surface area contributed by atoms with Crippen molar-refractivity contribution in [1.82, 2.24) is 25.0 Å². The minimum absolute atomic E-state index is 0.0321. The number of ether oxygens (including phenoxy) is 1. The lowest BCUT2D eigenvalue weighted by Crippen LogP contribution is -2.10. The minimum Gasteiger partial charge on any atom is -0.494 e. The third-order valence-electron chi connectivity index (χ3n) is 3.49. The largest absolute Gasteiger partial charge is 0.494 e. The summed E-state index contributed by atoms with van der Waals surface area (Å²) < 4.78 is 81.6. The van der Waals surface area contributed by atoms with E-state index in [1.54, 1.807) is 0 Å². The molecule has 1 aromatic carbocycles. The van der Waals surface area contributed by atoms with Gasteiger partial charge in [0.25, 0.3) is 5.82 Å². The first kappa shape index (κ1) is 19.7. The molecule has 0 saturated heterocycles. The highest BCUT2D eigenvalue weighted by molar-refractivity contribution is 7.90. The van der Waals surface area contributed by atoms with Crippen LogP contribution < -0.4 is 4.74 Å². The van der Waals surface area contributed by atoms with Gasteiger partial charge in [0.15, 0.2) is 38.1 Å². The van der Waals surface area contributed by atoms with Gasteiger partial charge in [0, 0.05) is 11.8 Å². The molecular weight excluding hydrogens is 406 g/mol. The lowest BCUT2D eigenvalue weighted by molar-refractivity contribution is -0.144. The van der Waals surface area contributed by atoms with E-state index < -0.39 is 27.7 Å². The smallest absolute Gasteiger partial charge is 0.453 e. The van der Waals surface area contributed by atoms with Gasteiger partial charge in [0.1, 0.15) is 0 Å². The molecule has 0 spiro atoms. The third kappa shape index (κ3) is 3.78. The number of nitrogens with zero attached hydrogens (tertiary/aromatic N) is 5. The molecule has 3 aromatic rings. The van der Waals surface area contributed by atoms with Gasteiger partial charge >= 0.3 is 6.18 Å². The molecule has 148 valence electrons. The van der Waals surface area contributed by atoms with Crippen LogP contribution in [0.15, 0.2) is 35.4 Å². The summed E-state index contributed by atoms with van der Waals surface area (Å²) in [7, 11) is -2.42. The first-order valence-corrected chi connectivity index (χ1v) is 9.32. The number of hydrogen-bond donors (Lipinski definition) is 0. The predicted octanol–water partition coefficient (Wildman–Crippen LogP) is 2.29. The number of halogens is 4. The Morgan fingerprint density at radius 1 is 1.11 bits per heavy atom. The maximum absolute atomic E-state index is 14.0. The molecule has 28 heavy (non-hydrogen) atoms. The standard InChI is InChI=1S/C15H11F4N5O3S/c1-27-10-4-3-8(7-9(10)16)13-20-14(15(17,18)19)23-24(13)11-5-6-12(22-21-11)28(2,25)26/h3-7H,1-2H3. The molecule has 0 amide bonds. The van der Waals surface area contributed by atoms with E-state index in [0.717, 1.165) is 24.5 Å². The molecule has 2 aromatic heterocycles. The van der Waals surface area contributed by atoms with Gasteiger partial charge in [-0.2, -0.15) is 17.9 Å². The summed E-state index contributed by atoms with van der Waals surface area (Å²) in [5, 5.41) is 10.1. The molecule has 0 aliphatic heterocycles. The van der Waals surface area contributed by atoms with Crippen LogP contribution in [0, 0.1) is 5.82 Å². The van der Waals surface area contributed by atoms with Crippen LogP contribution in [0.2, 0.25) is 0 Å². The molecule has 0 bridgehead atoms. The Kier molecular flexibility index (Phi) is 4.79. The second-order valence-corrected chi connectivity index (χ2v) is 7.48. The molecule has 3 rings (SSSR count). The number of rotatable bonds is 4. The van der Waals surface area contributed by atoms with Crippen molar-refractivity contribution in [2.75, 3.05) is 13.4 Å². The average Bonchev–Trinajstić information content (AvgIpc) is 3.07. The number of aromatic nitrogens is 5. The van der Waals surface area contributed by atoms with Crippen LogP contribution in [0.4, 0.5) is 17.6 Å². The van der Waals surface area contributed by atoms with Crippen LogP contribution in [-0.4, -0.2) is 46.7 Å². The van der Waals surface area contributed by atoms with Crippen molar-refractivity contribution in [1.29, 1.82) is 0 Å². The Balaban J connectivity index is 2.18. The fourth-order valence-corrected chi connectivity index (χ4v) is 2.71. The van der Waals surface area contributed by atoms with E-state index >= 15 is 0 Å². The van der Waals surface area contributed by atoms with Gasteiger partial charge in [0.05, 0.1) is 7.11 Å². The zero-order chi connectivity index (χ0) is 20.7. The molecule has 0 saturated carbocycles. The second-order valence-electron chi connectivity index (χ2n) is 5.52. The Morgan fingerprint density at radius 3 is 2.32 bits per heavy atom. The average molecular weight is 417 g/mol. The van der Waals surface area contributed by atoms with E-state index in [2.05, 4.69) is 20.3 Å². The number of benzene rings is 1. The second kappa shape index (κ2) is 6.82. The molecule has 2 heterocycles. The predicted molar refractivity (Wildman–Crippen MR) is 87.0 cm³/mol. The Hall–Kier alpha value is -3.09. The molecule has 0 radical (unpaired) electrons. The van der Waals surface area contributed by atoms with Crippen LogP contribution in [0.3, 0.4) is 0 Å². The molecule has 13 heteroatoms. The van der Waals surface area contributed by atoms with E-state index in [9.17, 15) is 26.0 Å². The van der Waals surface area contributed by atoms with Gasteiger partial charge in [-0.25, -0.2) is 17.8 Å². The fraction of sp³-hybridized carbons (Fsp3) is 0.200. The van der Waals surface area contributed by atoms with Crippen LogP contribution >= 0.6 is 0 Å². The summed E-state index contributed by atoms with van der Waals surface area (Å²) >= 11 is 0. The summed E-state index contributed by atoms with van der Waals surface area (Å²) in [4.78, 5) is 3.43. The van der Waals surface area contributed by atoms with Crippen LogP contribution in [0.1, 0.15) is 5.82 Å². The van der Waals surface area contributed by atoms with Gasteiger partial charge < -0.3 is 4.74 Å². The molecule has 0 atom stereocenters. The van der Waals surface area contributed by atoms with Crippen molar-refractivity contribution in [3.8, 4) is 23.0 Å². The number of sulfone groups is 1. The molecule has 0 fully saturated rings. The van der Waals surface area contributed by atoms with Crippen molar-refractivity contribution in [2.24, 2.45) is 0 Å². The van der Waals surface area contributed by atoms with Gasteiger partial charge in [-0.3, -0.25) is 0 Å². The molecule has 8 nitrogen and oxygen atoms in total. The van der Waals surface area contributed by atoms with E-state index in [0.29, 0.717) is 4.68 Å². The number of alkyl halides is 3. The Labute approximate surface area is 155 Å². The number of hydrogen-bond acceptors (Lipinski definition) is 7. The summed E-state index contributed by atoms with van der Waals surface area (Å²) in [5.74, 6) is -3.01. The molecule has 0 unspecified atom stereocenters. The lowest BCUT2D eigenvalue weighted by Gasteiger charge is -2.07. The zero-order valence-corrected chi connectivity index (χ0v) is 15.1. The normalized spacial score (nSPS) is 12.2. The van der Waals surface area contributed by atoms with Gasteiger partial charge in [-0.1, -0.05) is 0 Å². The van der Waals surface area contributed by atoms with Crippen LogP contribution in [0.5, 0.6) is 5.75 Å². The topological polar surface area (TPSA) is 99.9 Å². The Morgan fingerprint density at radius 2 is 1.82 bits per heavy atom. The number of methoxy groups -OCH3 is 1. The van der Waals surface area contributed by atoms with Crippen molar-refractivity contribution in [2.45, 2.75) is 11.2 Å². The van der Waals surface area contributed by atoms with Crippen LogP contribution in [0.25, 0.3) is 17.2 Å². The SMILES string of the molecule is COc1ccc(-c2nc(C(F)(F)F)nn2-c2ccc(S(C)(=O)=O)nn2)cc1F. The van der Waals surface area contributed by atoms with E-state index in [1.165, 1.54) is 19.2 Å². The van der Waals surface area contributed by atoms with Gasteiger partial charge in [0.2, 0.25) is 0 Å². The first-order valence-electron chi connectivity index (χ1n) is 7.43. The maximum atomic E-state index is 14.0. The highest BCUT2D eigenvalue weighted by Gasteiger charge is 2.37. The fourth-order valence-electron chi connectivity index (χ4n) is 2.21. The molecular formula is C15H11F4N5O3S. The summed E-state index contributed by atoms with van der Waals surface area (Å²) in [6, 6.07) is 5.61. The zero-order valence-electron chi connectivity index (χ0n) is 14.3. The van der Waals surface area contributed by atoms with Gasteiger partial charge in [-0.15, -0.1) is 15.3 Å². The quantitative estimate of drug-likeness (QED) is 0.601. The maximum Gasteiger partial charge on any atom is 0.453 e. The van der Waals surface area contributed by atoms with Crippen molar-refractivity contribution in [3.63, 3.8) is 0 Å². The van der Waals surface area contributed by atoms with Crippen molar-refractivity contribution in [3.05, 3.63) is 42.0 Å². The first-order chi connectivity index (χ1) is 13.0. The molecule has 0 N–H and O–H groups in total. The summed E-state index contributed by atoms with van der Waals surface area (Å²) in [5.41, 5.74) is -0.0321. The van der Waals surface area contributed by atoms with E-state index in [1.807, 2.05) is 0 Å². The van der Waals surface area contributed by atoms with Crippen molar-refractivity contribution < 1.29 is 30.7 Å². The van der Waals surface area contributed by atoms with Gasteiger partial charge in [-0.05, 0) is 30.3 Å². The molecule has 0 aliphatic carbocycles. The lowest BCUT2D eigenvalue weighted by atomic mass is 10.2. The summed E-state index contributed by atoms with van der Waals surface area (Å²) in [6.07, 6.45) is -3.97. The highest BCUT2D eigenvalue weighted by atomic mass is 32.2. The Bertz CT molecular complexity index is 1130. The monoisotopic (exact) mass is 417 g/mol. The minimum atomic E-state index is -4.87. The third-order valence-corrected chi connectivity index (χ3v) is 4.47. The highest BCUT2D eigenvalue weighted by Crippen LogP contribution is 2.31.